The van der Waals surface area contributed by atoms with E-state index in [4.69, 9.17) is 23.2 Å². The molecule has 0 atom stereocenters. The van der Waals surface area contributed by atoms with E-state index in [0.29, 0.717) is 0 Å². The normalized spacial score (nSPS) is 30.4. The van der Waals surface area contributed by atoms with Gasteiger partial charge in [0.15, 0.2) is 0 Å². The standard InChI is InChI=1S/C14H24Cl2/c15-13(9-5-1-2-6-10-13)14(16)11-7-3-4-8-12-14/h1-12H2. The van der Waals surface area contributed by atoms with E-state index < -0.39 is 0 Å². The molecule has 0 saturated heterocycles. The number of alkyl halides is 2. The fraction of sp³-hybridized carbons (Fsp3) is 1.00. The van der Waals surface area contributed by atoms with E-state index in [2.05, 4.69) is 0 Å². The van der Waals surface area contributed by atoms with Gasteiger partial charge in [-0.1, -0.05) is 51.4 Å². The molecule has 2 saturated carbocycles. The molecule has 0 spiro atoms. The second-order valence-electron chi connectivity index (χ2n) is 5.76. The van der Waals surface area contributed by atoms with E-state index in [-0.39, 0.29) is 9.75 Å². The molecule has 0 aromatic carbocycles. The Morgan fingerprint density at radius 3 is 0.938 bits per heavy atom. The molecule has 2 aliphatic rings. The van der Waals surface area contributed by atoms with Gasteiger partial charge in [0.25, 0.3) is 0 Å². The minimum atomic E-state index is -0.102. The number of hydrogen-bond donors (Lipinski definition) is 0. The zero-order valence-electron chi connectivity index (χ0n) is 10.2. The lowest BCUT2D eigenvalue weighted by atomic mass is 9.79. The Kier molecular flexibility index (Phi) is 4.46. The zero-order chi connectivity index (χ0) is 11.5. The zero-order valence-corrected chi connectivity index (χ0v) is 11.8. The molecule has 0 N–H and O–H groups in total. The topological polar surface area (TPSA) is 0 Å². The van der Waals surface area contributed by atoms with Crippen LogP contribution in [-0.2, 0) is 0 Å². The third-order valence-corrected chi connectivity index (χ3v) is 6.17. The quantitative estimate of drug-likeness (QED) is 0.423. The molecule has 2 aliphatic carbocycles. The predicted octanol–water partition coefficient (Wildman–Crippen LogP) is 5.65. The van der Waals surface area contributed by atoms with E-state index in [1.165, 1.54) is 51.4 Å². The summed E-state index contributed by atoms with van der Waals surface area (Å²) >= 11 is 13.9. The highest BCUT2D eigenvalue weighted by molar-refractivity contribution is 6.34. The smallest absolute Gasteiger partial charge is 0.0637 e. The third kappa shape index (κ3) is 2.70. The molecule has 0 aromatic heterocycles. The molecule has 0 radical (unpaired) electrons. The Balaban J connectivity index is 2.11. The van der Waals surface area contributed by atoms with Crippen molar-refractivity contribution in [2.24, 2.45) is 0 Å². The number of rotatable bonds is 1. The molecule has 16 heavy (non-hydrogen) atoms. The first-order chi connectivity index (χ1) is 7.66. The van der Waals surface area contributed by atoms with Gasteiger partial charge in [-0.3, -0.25) is 0 Å². The minimum Gasteiger partial charge on any atom is -0.117 e. The van der Waals surface area contributed by atoms with E-state index >= 15 is 0 Å². The largest absolute Gasteiger partial charge is 0.117 e. The van der Waals surface area contributed by atoms with Crippen molar-refractivity contribution in [2.75, 3.05) is 0 Å². The van der Waals surface area contributed by atoms with Crippen LogP contribution >= 0.6 is 23.2 Å². The van der Waals surface area contributed by atoms with Gasteiger partial charge in [-0.25, -0.2) is 0 Å². The van der Waals surface area contributed by atoms with Crippen molar-refractivity contribution in [3.05, 3.63) is 0 Å². The van der Waals surface area contributed by atoms with Crippen molar-refractivity contribution >= 4 is 23.2 Å². The predicted molar refractivity (Wildman–Crippen MR) is 72.6 cm³/mol. The van der Waals surface area contributed by atoms with Crippen LogP contribution in [0.3, 0.4) is 0 Å². The summed E-state index contributed by atoms with van der Waals surface area (Å²) in [6.07, 6.45) is 15.0. The molecule has 0 unspecified atom stereocenters. The van der Waals surface area contributed by atoms with E-state index in [1.54, 1.807) is 0 Å². The van der Waals surface area contributed by atoms with Crippen LogP contribution in [0.15, 0.2) is 0 Å². The second kappa shape index (κ2) is 5.48. The Morgan fingerprint density at radius 2 is 0.688 bits per heavy atom. The van der Waals surface area contributed by atoms with Gasteiger partial charge in [-0.05, 0) is 25.7 Å². The fourth-order valence-electron chi connectivity index (χ4n) is 3.47. The molecule has 2 rings (SSSR count). The summed E-state index contributed by atoms with van der Waals surface area (Å²) in [5, 5.41) is 0. The van der Waals surface area contributed by atoms with E-state index in [0.717, 1.165) is 25.7 Å². The monoisotopic (exact) mass is 262 g/mol. The van der Waals surface area contributed by atoms with Gasteiger partial charge in [0.05, 0.1) is 9.75 Å². The van der Waals surface area contributed by atoms with Gasteiger partial charge >= 0.3 is 0 Å². The maximum atomic E-state index is 6.94. The molecule has 0 aromatic rings. The van der Waals surface area contributed by atoms with Crippen LogP contribution in [0.2, 0.25) is 0 Å². The van der Waals surface area contributed by atoms with Gasteiger partial charge < -0.3 is 0 Å². The summed E-state index contributed by atoms with van der Waals surface area (Å²) < 4.78 is 0. The van der Waals surface area contributed by atoms with Gasteiger partial charge in [-0.2, -0.15) is 0 Å². The molecular formula is C14H24Cl2. The van der Waals surface area contributed by atoms with Gasteiger partial charge in [0, 0.05) is 0 Å². The second-order valence-corrected chi connectivity index (χ2v) is 7.21. The van der Waals surface area contributed by atoms with E-state index in [1.807, 2.05) is 0 Å². The Bertz CT molecular complexity index is 185. The molecule has 0 aliphatic heterocycles. The summed E-state index contributed by atoms with van der Waals surface area (Å²) in [4.78, 5) is -0.204. The lowest BCUT2D eigenvalue weighted by Crippen LogP contribution is -2.45. The first-order valence-electron chi connectivity index (χ1n) is 7.04. The van der Waals surface area contributed by atoms with Crippen LogP contribution in [0.5, 0.6) is 0 Å². The highest BCUT2D eigenvalue weighted by Gasteiger charge is 2.48. The van der Waals surface area contributed by atoms with Crippen molar-refractivity contribution < 1.29 is 0 Å². The summed E-state index contributed by atoms with van der Waals surface area (Å²) in [7, 11) is 0. The molecule has 2 heteroatoms. The number of hydrogen-bond acceptors (Lipinski definition) is 0. The number of halogens is 2. The van der Waals surface area contributed by atoms with Crippen LogP contribution in [0, 0.1) is 0 Å². The fourth-order valence-corrected chi connectivity index (χ4v) is 4.39. The summed E-state index contributed by atoms with van der Waals surface area (Å²) in [6, 6.07) is 0. The van der Waals surface area contributed by atoms with Gasteiger partial charge in [0.2, 0.25) is 0 Å². The SMILES string of the molecule is ClC1(C2(Cl)CCCCCC2)CCCCCC1. The van der Waals surface area contributed by atoms with Crippen molar-refractivity contribution in [2.45, 2.75) is 86.8 Å². The van der Waals surface area contributed by atoms with E-state index in [9.17, 15) is 0 Å². The van der Waals surface area contributed by atoms with Crippen molar-refractivity contribution in [3.8, 4) is 0 Å². The van der Waals surface area contributed by atoms with Crippen LogP contribution in [-0.4, -0.2) is 9.75 Å². The third-order valence-electron chi connectivity index (χ3n) is 4.60. The van der Waals surface area contributed by atoms with Crippen LogP contribution < -0.4 is 0 Å². The molecular weight excluding hydrogens is 239 g/mol. The first kappa shape index (κ1) is 13.0. The summed E-state index contributed by atoms with van der Waals surface area (Å²) in [6.45, 7) is 0. The Labute approximate surface area is 110 Å². The highest BCUT2D eigenvalue weighted by Crippen LogP contribution is 2.51. The van der Waals surface area contributed by atoms with Crippen molar-refractivity contribution in [1.29, 1.82) is 0 Å². The molecule has 2 fully saturated rings. The molecule has 0 amide bonds. The highest BCUT2D eigenvalue weighted by atomic mass is 35.5. The molecule has 94 valence electrons. The average Bonchev–Trinajstić information content (AvgIpc) is 2.61. The van der Waals surface area contributed by atoms with Crippen LogP contribution in [0.1, 0.15) is 77.0 Å². The minimum absolute atomic E-state index is 0.102. The Morgan fingerprint density at radius 1 is 0.438 bits per heavy atom. The summed E-state index contributed by atoms with van der Waals surface area (Å²) in [5.41, 5.74) is 0. The Hall–Kier alpha value is 0.580. The van der Waals surface area contributed by atoms with Gasteiger partial charge in [-0.15, -0.1) is 23.2 Å². The van der Waals surface area contributed by atoms with Crippen LogP contribution in [0.25, 0.3) is 0 Å². The average molecular weight is 263 g/mol. The lowest BCUT2D eigenvalue weighted by Gasteiger charge is -2.42. The maximum Gasteiger partial charge on any atom is 0.0637 e. The lowest BCUT2D eigenvalue weighted by molar-refractivity contribution is 0.330. The molecule has 0 bridgehead atoms. The summed E-state index contributed by atoms with van der Waals surface area (Å²) in [5.74, 6) is 0. The van der Waals surface area contributed by atoms with Crippen molar-refractivity contribution in [1.82, 2.24) is 0 Å². The van der Waals surface area contributed by atoms with Gasteiger partial charge in [0.1, 0.15) is 0 Å². The first-order valence-corrected chi connectivity index (χ1v) is 7.80. The van der Waals surface area contributed by atoms with Crippen molar-refractivity contribution in [3.63, 3.8) is 0 Å². The molecule has 0 heterocycles. The maximum absolute atomic E-state index is 6.94. The van der Waals surface area contributed by atoms with Crippen LogP contribution in [0.4, 0.5) is 0 Å². The molecule has 0 nitrogen and oxygen atoms in total.